The van der Waals surface area contributed by atoms with Gasteiger partial charge in [0.05, 0.1) is 34.6 Å². The molecule has 4 rings (SSSR count). The minimum Gasteiger partial charge on any atom is -0.488 e. The van der Waals surface area contributed by atoms with Crippen LogP contribution >= 0.6 is 0 Å². The van der Waals surface area contributed by atoms with Gasteiger partial charge in [-0.25, -0.2) is 9.07 Å². The summed E-state index contributed by atoms with van der Waals surface area (Å²) in [5.74, 6) is -0.635. The standard InChI is InChI=1S/C24H16FN3O2/c25-20-10-11-23(30-16-18-8-6-17(13-26)7-9-18)22(12-20)24(29)19-14-27-28(15-19)21-4-2-1-3-5-21/h1-12,14-15H,16H2. The molecule has 6 heteroatoms. The van der Waals surface area contributed by atoms with Crippen LogP contribution in [0.15, 0.2) is 85.2 Å². The van der Waals surface area contributed by atoms with Crippen molar-refractivity contribution in [1.82, 2.24) is 9.78 Å². The van der Waals surface area contributed by atoms with Crippen LogP contribution in [0.1, 0.15) is 27.0 Å². The zero-order chi connectivity index (χ0) is 20.9. The first kappa shape index (κ1) is 19.1. The Labute approximate surface area is 172 Å². The fraction of sp³-hybridized carbons (Fsp3) is 0.0417. The van der Waals surface area contributed by atoms with Crippen LogP contribution in [0, 0.1) is 17.1 Å². The summed E-state index contributed by atoms with van der Waals surface area (Å²) in [4.78, 5) is 13.0. The van der Waals surface area contributed by atoms with E-state index in [2.05, 4.69) is 11.2 Å². The Kier molecular flexibility index (Phi) is 5.35. The highest BCUT2D eigenvalue weighted by molar-refractivity contribution is 6.10. The largest absolute Gasteiger partial charge is 0.488 e. The number of rotatable bonds is 6. The molecule has 0 aliphatic heterocycles. The van der Waals surface area contributed by atoms with Gasteiger partial charge in [-0.15, -0.1) is 0 Å². The predicted octanol–water partition coefficient (Wildman–Crippen LogP) is 4.69. The van der Waals surface area contributed by atoms with Gasteiger partial charge < -0.3 is 4.74 Å². The Balaban J connectivity index is 1.57. The maximum absolute atomic E-state index is 13.9. The number of nitriles is 1. The zero-order valence-electron chi connectivity index (χ0n) is 15.8. The van der Waals surface area contributed by atoms with E-state index in [4.69, 9.17) is 10.00 Å². The minimum absolute atomic E-state index is 0.122. The van der Waals surface area contributed by atoms with E-state index in [0.717, 1.165) is 17.3 Å². The van der Waals surface area contributed by atoms with Gasteiger partial charge in [0.1, 0.15) is 18.2 Å². The summed E-state index contributed by atoms with van der Waals surface area (Å²) >= 11 is 0. The van der Waals surface area contributed by atoms with Gasteiger partial charge in [0.15, 0.2) is 5.78 Å². The van der Waals surface area contributed by atoms with Crippen molar-refractivity contribution in [3.05, 3.63) is 113 Å². The van der Waals surface area contributed by atoms with E-state index in [1.54, 1.807) is 35.1 Å². The normalized spacial score (nSPS) is 10.4. The summed E-state index contributed by atoms with van der Waals surface area (Å²) in [5.41, 5.74) is 2.64. The Hall–Kier alpha value is -4.24. The van der Waals surface area contributed by atoms with Gasteiger partial charge >= 0.3 is 0 Å². The number of ether oxygens (including phenoxy) is 1. The highest BCUT2D eigenvalue weighted by atomic mass is 19.1. The van der Waals surface area contributed by atoms with Gasteiger partial charge in [-0.2, -0.15) is 10.4 Å². The van der Waals surface area contributed by atoms with E-state index in [-0.39, 0.29) is 23.7 Å². The summed E-state index contributed by atoms with van der Waals surface area (Å²) in [6.07, 6.45) is 3.05. The number of aromatic nitrogens is 2. The van der Waals surface area contributed by atoms with Gasteiger partial charge in [-0.1, -0.05) is 30.3 Å². The van der Waals surface area contributed by atoms with Crippen molar-refractivity contribution >= 4 is 5.78 Å². The molecule has 5 nitrogen and oxygen atoms in total. The number of hydrogen-bond donors (Lipinski definition) is 0. The lowest BCUT2D eigenvalue weighted by molar-refractivity contribution is 0.103. The van der Waals surface area contributed by atoms with Crippen LogP contribution in [0.2, 0.25) is 0 Å². The van der Waals surface area contributed by atoms with E-state index in [0.29, 0.717) is 11.1 Å². The van der Waals surface area contributed by atoms with E-state index in [9.17, 15) is 9.18 Å². The molecule has 0 amide bonds. The molecule has 0 saturated heterocycles. The van der Waals surface area contributed by atoms with Crippen LogP contribution in [0.25, 0.3) is 5.69 Å². The third-order valence-corrected chi connectivity index (χ3v) is 4.53. The average molecular weight is 397 g/mol. The van der Waals surface area contributed by atoms with Gasteiger partial charge in [0, 0.05) is 6.20 Å². The molecule has 0 radical (unpaired) electrons. The number of carbonyl (C=O) groups excluding carboxylic acids is 1. The maximum atomic E-state index is 13.9. The quantitative estimate of drug-likeness (QED) is 0.443. The molecule has 0 N–H and O–H groups in total. The Morgan fingerprint density at radius 3 is 2.57 bits per heavy atom. The average Bonchev–Trinajstić information content (AvgIpc) is 3.29. The summed E-state index contributed by atoms with van der Waals surface area (Å²) in [7, 11) is 0. The molecule has 0 spiro atoms. The molecule has 1 aromatic heterocycles. The van der Waals surface area contributed by atoms with Crippen LogP contribution < -0.4 is 4.74 Å². The smallest absolute Gasteiger partial charge is 0.200 e. The second kappa shape index (κ2) is 8.41. The summed E-state index contributed by atoms with van der Waals surface area (Å²) in [6.45, 7) is 0.181. The van der Waals surface area contributed by atoms with E-state index in [1.165, 1.54) is 18.3 Å². The number of benzene rings is 3. The molecule has 0 aliphatic carbocycles. The zero-order valence-corrected chi connectivity index (χ0v) is 15.8. The van der Waals surface area contributed by atoms with Gasteiger partial charge in [0.2, 0.25) is 0 Å². The fourth-order valence-corrected chi connectivity index (χ4v) is 2.96. The van der Waals surface area contributed by atoms with Gasteiger partial charge in [-0.05, 0) is 48.0 Å². The number of ketones is 1. The van der Waals surface area contributed by atoms with Crippen molar-refractivity contribution in [1.29, 1.82) is 5.26 Å². The first-order valence-electron chi connectivity index (χ1n) is 9.20. The number of carbonyl (C=O) groups is 1. The predicted molar refractivity (Wildman–Crippen MR) is 109 cm³/mol. The molecular formula is C24H16FN3O2. The first-order valence-corrected chi connectivity index (χ1v) is 9.20. The molecule has 0 unspecified atom stereocenters. The molecule has 30 heavy (non-hydrogen) atoms. The summed E-state index contributed by atoms with van der Waals surface area (Å²) < 4.78 is 21.3. The lowest BCUT2D eigenvalue weighted by atomic mass is 10.1. The number of para-hydroxylation sites is 1. The Bertz CT molecular complexity index is 1230. The summed E-state index contributed by atoms with van der Waals surface area (Å²) in [6, 6.07) is 22.2. The molecular weight excluding hydrogens is 381 g/mol. The Morgan fingerprint density at radius 1 is 1.07 bits per heavy atom. The second-order valence-electron chi connectivity index (χ2n) is 6.58. The first-order chi connectivity index (χ1) is 14.6. The molecule has 0 fully saturated rings. The number of halogens is 1. The summed E-state index contributed by atoms with van der Waals surface area (Å²) in [5, 5.41) is 13.1. The van der Waals surface area contributed by atoms with Crippen LogP contribution in [0.3, 0.4) is 0 Å². The van der Waals surface area contributed by atoms with Crippen molar-refractivity contribution < 1.29 is 13.9 Å². The lowest BCUT2D eigenvalue weighted by Gasteiger charge is -2.11. The third kappa shape index (κ3) is 4.10. The van der Waals surface area contributed by atoms with Gasteiger partial charge in [0.25, 0.3) is 0 Å². The van der Waals surface area contributed by atoms with Crippen LogP contribution in [0.5, 0.6) is 5.75 Å². The molecule has 0 atom stereocenters. The highest BCUT2D eigenvalue weighted by Crippen LogP contribution is 2.24. The van der Waals surface area contributed by atoms with E-state index >= 15 is 0 Å². The maximum Gasteiger partial charge on any atom is 0.200 e. The van der Waals surface area contributed by atoms with Crippen molar-refractivity contribution in [2.24, 2.45) is 0 Å². The van der Waals surface area contributed by atoms with Crippen LogP contribution in [-0.4, -0.2) is 15.6 Å². The molecule has 0 saturated carbocycles. The van der Waals surface area contributed by atoms with Crippen molar-refractivity contribution in [2.45, 2.75) is 6.61 Å². The Morgan fingerprint density at radius 2 is 1.83 bits per heavy atom. The van der Waals surface area contributed by atoms with Gasteiger partial charge in [-0.3, -0.25) is 4.79 Å². The van der Waals surface area contributed by atoms with Crippen LogP contribution in [0.4, 0.5) is 4.39 Å². The SMILES string of the molecule is N#Cc1ccc(COc2ccc(F)cc2C(=O)c2cnn(-c3ccccc3)c2)cc1. The second-order valence-corrected chi connectivity index (χ2v) is 6.58. The molecule has 4 aromatic rings. The number of nitrogens with zero attached hydrogens (tertiary/aromatic N) is 3. The minimum atomic E-state index is -0.528. The monoisotopic (exact) mass is 397 g/mol. The molecule has 0 aliphatic rings. The van der Waals surface area contributed by atoms with E-state index < -0.39 is 5.82 Å². The van der Waals surface area contributed by atoms with Crippen molar-refractivity contribution in [3.8, 4) is 17.5 Å². The van der Waals surface area contributed by atoms with E-state index in [1.807, 2.05) is 30.3 Å². The molecule has 0 bridgehead atoms. The molecule has 1 heterocycles. The van der Waals surface area contributed by atoms with Crippen molar-refractivity contribution in [3.63, 3.8) is 0 Å². The number of hydrogen-bond acceptors (Lipinski definition) is 4. The highest BCUT2D eigenvalue weighted by Gasteiger charge is 2.18. The third-order valence-electron chi connectivity index (χ3n) is 4.53. The lowest BCUT2D eigenvalue weighted by Crippen LogP contribution is -2.06. The topological polar surface area (TPSA) is 67.9 Å². The van der Waals surface area contributed by atoms with Crippen molar-refractivity contribution in [2.75, 3.05) is 0 Å². The van der Waals surface area contributed by atoms with Crippen LogP contribution in [-0.2, 0) is 6.61 Å². The molecule has 146 valence electrons. The molecule has 3 aromatic carbocycles. The fourth-order valence-electron chi connectivity index (χ4n) is 2.96.